The van der Waals surface area contributed by atoms with E-state index >= 15 is 0 Å². The quantitative estimate of drug-likeness (QED) is 0.106. The molecule has 0 spiro atoms. The maximum atomic E-state index is 6.51. The number of benzene rings is 12. The van der Waals surface area contributed by atoms with Gasteiger partial charge in [0.2, 0.25) is 5.71 Å². The zero-order chi connectivity index (χ0) is 96.5. The van der Waals surface area contributed by atoms with Crippen LogP contribution in [0.2, 0.25) is 0 Å². The fourth-order valence-corrected chi connectivity index (χ4v) is 21.4. The van der Waals surface area contributed by atoms with E-state index in [-0.39, 0.29) is 79.4 Å². The van der Waals surface area contributed by atoms with E-state index in [0.717, 1.165) is 172 Å². The van der Waals surface area contributed by atoms with E-state index in [1.54, 1.807) is 17.5 Å². The number of aryl methyl sites for hydroxylation is 1. The zero-order valence-corrected chi connectivity index (χ0v) is 89.0. The molecular weight excluding hydrogens is 2360 g/mol. The summed E-state index contributed by atoms with van der Waals surface area (Å²) in [6, 6.07) is 115. The van der Waals surface area contributed by atoms with Crippen LogP contribution in [-0.2, 0) is 86.5 Å². The number of pyridine rings is 6. The molecule has 0 fully saturated rings. The topological polar surface area (TPSA) is 157 Å². The first-order chi connectivity index (χ1) is 68.9. The summed E-state index contributed by atoms with van der Waals surface area (Å²) >= 11 is 1.72. The number of hydrogen-bond donors (Lipinski definition) is 0. The van der Waals surface area contributed by atoms with Crippen LogP contribution in [0.15, 0.2) is 315 Å². The molecule has 0 saturated carbocycles. The fraction of sp³-hybridized carbons (Fsp3) is 0.132. The average Bonchev–Trinajstić information content (AvgIpc) is 1.54. The van der Waals surface area contributed by atoms with Gasteiger partial charge in [-0.15, -0.1) is 136 Å². The minimum absolute atomic E-state index is 0. The van der Waals surface area contributed by atoms with Crippen LogP contribution < -0.4 is 43.6 Å². The Morgan fingerprint density at radius 2 is 0.669 bits per heavy atom. The molecule has 24 heteroatoms. The molecule has 0 radical (unpaired) electrons. The van der Waals surface area contributed by atoms with E-state index in [1.807, 2.05) is 130 Å². The summed E-state index contributed by atoms with van der Waals surface area (Å²) < 4.78 is 35.7. The van der Waals surface area contributed by atoms with Gasteiger partial charge in [-0.3, -0.25) is 0 Å². The summed E-state index contributed by atoms with van der Waals surface area (Å²) in [5.41, 5.74) is 22.1. The SMILES string of the molecule is CN1[CH-]N(c2[c-]c(Oc3[c-]c4c(cc3)c3ccccc3n4-c3cc(C(C)(C)C)ccn3)ccc2)c2c1ccc1c2oc2ncccc21.CN1[CH-]N(c2[c-]c(Oc3[c-]c4c(cc3)c3ccccc3n4-c3cc(C(C)(C)C)ccn3)ccc2)c2c1ccc1c2sc2ncccc21.CN1[CH-]N(c2[c-]c(Oc3[c-]c4c(cc3)c3ccccc3n4-c3cc(C(C)(C)C)ccn3)ccc2)c2c1ccc1c3cccnc3n(C)c21.[Pt].[Pt].[Pt]. The molecule has 12 aromatic heterocycles. The minimum Gasteiger partial charge on any atom is -0.509 e. The molecule has 20 nitrogen and oxygen atoms in total. The second-order valence-electron chi connectivity index (χ2n) is 39.4. The third-order valence-electron chi connectivity index (χ3n) is 27.2. The Bertz CT molecular complexity index is 8910. The number of para-hydroxylation sites is 3. The normalized spacial score (nSPS) is 13.1. The molecule has 0 atom stereocenters. The molecule has 0 bridgehead atoms. The number of anilines is 9. The van der Waals surface area contributed by atoms with E-state index in [0.29, 0.717) is 40.2 Å². The van der Waals surface area contributed by atoms with Crippen molar-refractivity contribution in [1.29, 1.82) is 0 Å². The molecule has 3 aliphatic heterocycles. The smallest absolute Gasteiger partial charge is 0.227 e. The van der Waals surface area contributed by atoms with E-state index < -0.39 is 0 Å². The summed E-state index contributed by atoms with van der Waals surface area (Å²) in [5, 5.41) is 13.4. The Hall–Kier alpha value is -15.0. The molecule has 726 valence electrons. The molecule has 24 aromatic rings. The number of ether oxygens (including phenoxy) is 3. The summed E-state index contributed by atoms with van der Waals surface area (Å²) in [6.07, 6.45) is 11.1. The van der Waals surface area contributed by atoms with Gasteiger partial charge in [-0.05, 0) is 185 Å². The molecule has 0 amide bonds. The molecule has 3 aliphatic rings. The molecular formula is C121H93N16O4Pt3S-9. The van der Waals surface area contributed by atoms with E-state index in [1.165, 1.54) is 37.5 Å². The van der Waals surface area contributed by atoms with Crippen molar-refractivity contribution >= 4 is 192 Å². The van der Waals surface area contributed by atoms with Gasteiger partial charge in [-0.25, -0.2) is 29.9 Å². The first-order valence-electron chi connectivity index (χ1n) is 47.4. The summed E-state index contributed by atoms with van der Waals surface area (Å²) in [4.78, 5) is 42.1. The second kappa shape index (κ2) is 37.0. The number of furan rings is 1. The van der Waals surface area contributed by atoms with Crippen molar-refractivity contribution < 1.29 is 81.8 Å². The fourth-order valence-electron chi connectivity index (χ4n) is 20.2. The standard InChI is InChI=1S/C41H33N6O.C40H30N5O2.C40H30N5OS.3Pt/c1-41(2,3)26-19-21-42-37(22-26)47-34-14-7-6-12-30(34)31-16-15-29(24-36(31)47)48-28-11-8-10-27(23-28)46-25-44(4)35-18-17-32-33-13-9-20-43-40(33)45(5)38(32)39(35)46;2*1-40(2,3)25-18-20-41-36(21-25)45-33-13-6-5-11-29(33)30-15-14-28(23-35(30)45)46-27-10-7-9-26(22-27)44-24-43(4)34-17-16-31-32-12-8-19-42-39(32)47-38(31)37(34)44;;;/h6-22,25H,1-5H3;2*5-21,24H,1-4H3;;;/q3*-3;;;. The Morgan fingerprint density at radius 3 is 1.12 bits per heavy atom. The molecule has 27 rings (SSSR count). The van der Waals surface area contributed by atoms with Crippen LogP contribution in [0.4, 0.5) is 51.2 Å². The molecule has 0 unspecified atom stereocenters. The van der Waals surface area contributed by atoms with Crippen molar-refractivity contribution in [3.63, 3.8) is 0 Å². The Kier molecular flexibility index (Phi) is 24.2. The second-order valence-corrected chi connectivity index (χ2v) is 40.4. The number of hydrogen-bond acceptors (Lipinski definition) is 17. The number of aromatic nitrogens is 10. The summed E-state index contributed by atoms with van der Waals surface area (Å²) in [7, 11) is 8.26. The van der Waals surface area contributed by atoms with Crippen LogP contribution in [0.5, 0.6) is 34.5 Å². The van der Waals surface area contributed by atoms with Crippen LogP contribution in [0.1, 0.15) is 79.0 Å². The molecule has 0 N–H and O–H groups in total. The molecule has 145 heavy (non-hydrogen) atoms. The van der Waals surface area contributed by atoms with Crippen molar-refractivity contribution in [2.24, 2.45) is 7.05 Å². The number of nitrogens with zero attached hydrogens (tertiary/aromatic N) is 16. The zero-order valence-electron chi connectivity index (χ0n) is 81.3. The molecule has 0 aliphatic carbocycles. The maximum absolute atomic E-state index is 6.51. The molecule has 0 saturated heterocycles. The van der Waals surface area contributed by atoms with Crippen molar-refractivity contribution in [2.75, 3.05) is 50.5 Å². The largest absolute Gasteiger partial charge is 0.509 e. The number of rotatable bonds is 12. The van der Waals surface area contributed by atoms with Gasteiger partial charge in [-0.1, -0.05) is 146 Å². The van der Waals surface area contributed by atoms with E-state index in [9.17, 15) is 0 Å². The van der Waals surface area contributed by atoms with E-state index in [2.05, 4.69) is 384 Å². The van der Waals surface area contributed by atoms with Crippen LogP contribution in [0.3, 0.4) is 0 Å². The Labute approximate surface area is 886 Å². The Balaban J connectivity index is 0.000000123. The van der Waals surface area contributed by atoms with Crippen molar-refractivity contribution in [1.82, 2.24) is 48.2 Å². The van der Waals surface area contributed by atoms with Crippen molar-refractivity contribution in [3.8, 4) is 52.0 Å². The van der Waals surface area contributed by atoms with Crippen molar-refractivity contribution in [2.45, 2.75) is 78.6 Å². The van der Waals surface area contributed by atoms with E-state index in [4.69, 9.17) is 33.6 Å². The van der Waals surface area contributed by atoms with Gasteiger partial charge >= 0.3 is 0 Å². The van der Waals surface area contributed by atoms with Crippen LogP contribution in [0, 0.1) is 56.4 Å². The third-order valence-corrected chi connectivity index (χ3v) is 28.4. The van der Waals surface area contributed by atoms with Gasteiger partial charge in [0, 0.05) is 208 Å². The summed E-state index contributed by atoms with van der Waals surface area (Å²) in [6.45, 7) is 26.2. The van der Waals surface area contributed by atoms with Gasteiger partial charge in [0.05, 0.1) is 27.3 Å². The predicted octanol–water partition coefficient (Wildman–Crippen LogP) is 29.8. The third kappa shape index (κ3) is 16.5. The van der Waals surface area contributed by atoms with Gasteiger partial charge in [0.1, 0.15) is 27.9 Å². The van der Waals surface area contributed by atoms with Gasteiger partial charge < -0.3 is 66.3 Å². The maximum Gasteiger partial charge on any atom is 0.227 e. The molecule has 15 heterocycles. The summed E-state index contributed by atoms with van der Waals surface area (Å²) in [5.74, 6) is 6.19. The minimum atomic E-state index is -0.00947. The van der Waals surface area contributed by atoms with Crippen LogP contribution >= 0.6 is 11.3 Å². The van der Waals surface area contributed by atoms with Gasteiger partial charge in [0.15, 0.2) is 5.58 Å². The van der Waals surface area contributed by atoms with Gasteiger partial charge in [-0.2, -0.15) is 56.4 Å². The van der Waals surface area contributed by atoms with Crippen LogP contribution in [-0.4, -0.2) is 69.3 Å². The number of fused-ring (bicyclic) bond motifs is 24. The van der Waals surface area contributed by atoms with Crippen molar-refractivity contribution in [3.05, 3.63) is 383 Å². The first-order valence-corrected chi connectivity index (χ1v) is 48.2. The monoisotopic (exact) mass is 2450 g/mol. The number of thiophene rings is 1. The van der Waals surface area contributed by atoms with Gasteiger partial charge in [0.25, 0.3) is 0 Å². The predicted molar refractivity (Wildman–Crippen MR) is 576 cm³/mol. The van der Waals surface area contributed by atoms with Crippen LogP contribution in [0.25, 0.3) is 147 Å². The molecule has 12 aromatic carbocycles. The Morgan fingerprint density at radius 1 is 0.303 bits per heavy atom. The first kappa shape index (κ1) is 94.9. The average molecular weight is 2450 g/mol.